The monoisotopic (exact) mass is 354 g/mol. The lowest BCUT2D eigenvalue weighted by molar-refractivity contribution is 0.0932. The van der Waals surface area contributed by atoms with Gasteiger partial charge in [-0.05, 0) is 38.0 Å². The average Bonchev–Trinajstić information content (AvgIpc) is 3.40. The molecule has 0 radical (unpaired) electrons. The van der Waals surface area contributed by atoms with Crippen LogP contribution in [0.1, 0.15) is 53.6 Å². The third-order valence-electron chi connectivity index (χ3n) is 4.72. The molecule has 6 heteroatoms. The number of aryl methyl sites for hydroxylation is 1. The highest BCUT2D eigenvalue weighted by Gasteiger charge is 2.26. The van der Waals surface area contributed by atoms with E-state index in [1.165, 1.54) is 12.8 Å². The van der Waals surface area contributed by atoms with E-state index in [9.17, 15) is 4.79 Å². The molecule has 1 aliphatic carbocycles. The van der Waals surface area contributed by atoms with Crippen molar-refractivity contribution >= 4 is 28.4 Å². The largest absolute Gasteiger partial charge is 0.344 e. The number of nitrogens with one attached hydrogen (secondary N) is 1. The van der Waals surface area contributed by atoms with E-state index in [0.717, 1.165) is 22.3 Å². The molecule has 1 amide bonds. The van der Waals surface area contributed by atoms with E-state index in [4.69, 9.17) is 11.6 Å². The molecule has 1 saturated carbocycles. The van der Waals surface area contributed by atoms with Gasteiger partial charge in [-0.15, -0.1) is 0 Å². The molecular formula is C19H19ClN4O. The Kier molecular flexibility index (Phi) is 3.96. The van der Waals surface area contributed by atoms with E-state index in [0.29, 0.717) is 16.6 Å². The molecule has 0 spiro atoms. The highest BCUT2D eigenvalue weighted by Crippen LogP contribution is 2.37. The summed E-state index contributed by atoms with van der Waals surface area (Å²) in [6.07, 6.45) is 5.98. The van der Waals surface area contributed by atoms with Gasteiger partial charge in [-0.1, -0.05) is 17.7 Å². The third kappa shape index (κ3) is 3.12. The van der Waals surface area contributed by atoms with Crippen molar-refractivity contribution in [1.82, 2.24) is 19.9 Å². The van der Waals surface area contributed by atoms with Gasteiger partial charge in [0, 0.05) is 46.8 Å². The van der Waals surface area contributed by atoms with Gasteiger partial charge in [0.05, 0.1) is 6.04 Å². The van der Waals surface area contributed by atoms with Gasteiger partial charge < -0.3 is 9.88 Å². The minimum Gasteiger partial charge on any atom is -0.344 e. The van der Waals surface area contributed by atoms with Crippen molar-refractivity contribution in [2.45, 2.75) is 31.7 Å². The Morgan fingerprint density at radius 2 is 2.00 bits per heavy atom. The molecule has 1 aromatic carbocycles. The molecule has 2 aromatic heterocycles. The summed E-state index contributed by atoms with van der Waals surface area (Å²) in [4.78, 5) is 21.5. The lowest BCUT2D eigenvalue weighted by atomic mass is 10.1. The van der Waals surface area contributed by atoms with E-state index in [-0.39, 0.29) is 11.9 Å². The van der Waals surface area contributed by atoms with Crippen LogP contribution < -0.4 is 5.32 Å². The fourth-order valence-corrected chi connectivity index (χ4v) is 3.17. The zero-order chi connectivity index (χ0) is 17.6. The molecule has 2 heterocycles. The fourth-order valence-electron chi connectivity index (χ4n) is 3.00. The van der Waals surface area contributed by atoms with Crippen molar-refractivity contribution < 1.29 is 4.79 Å². The Morgan fingerprint density at radius 1 is 1.28 bits per heavy atom. The van der Waals surface area contributed by atoms with Gasteiger partial charge in [0.25, 0.3) is 5.91 Å². The molecule has 0 bridgehead atoms. The van der Waals surface area contributed by atoms with E-state index in [1.54, 1.807) is 0 Å². The van der Waals surface area contributed by atoms with Crippen LogP contribution in [0, 0.1) is 0 Å². The van der Waals surface area contributed by atoms with Gasteiger partial charge >= 0.3 is 0 Å². The zero-order valence-corrected chi connectivity index (χ0v) is 14.9. The summed E-state index contributed by atoms with van der Waals surface area (Å²) in [5.74, 6) is 1.31. The van der Waals surface area contributed by atoms with Crippen molar-refractivity contribution in [1.29, 1.82) is 0 Å². The molecule has 1 N–H and O–H groups in total. The Balaban J connectivity index is 1.53. The Morgan fingerprint density at radius 3 is 2.68 bits per heavy atom. The second kappa shape index (κ2) is 6.15. The van der Waals surface area contributed by atoms with Crippen LogP contribution in [0.5, 0.6) is 0 Å². The van der Waals surface area contributed by atoms with Gasteiger partial charge in [0.15, 0.2) is 0 Å². The maximum Gasteiger partial charge on any atom is 0.268 e. The first-order valence-electron chi connectivity index (χ1n) is 8.40. The normalized spacial score (nSPS) is 15.3. The van der Waals surface area contributed by atoms with Crippen LogP contribution in [0.25, 0.3) is 10.9 Å². The molecular weight excluding hydrogens is 336 g/mol. The second-order valence-corrected chi connectivity index (χ2v) is 7.07. The summed E-state index contributed by atoms with van der Waals surface area (Å²) in [7, 11) is 1.87. The van der Waals surface area contributed by atoms with Crippen LogP contribution in [0.4, 0.5) is 0 Å². The number of halogens is 1. The predicted molar refractivity (Wildman–Crippen MR) is 97.8 cm³/mol. The van der Waals surface area contributed by atoms with Crippen molar-refractivity contribution in [3.63, 3.8) is 0 Å². The summed E-state index contributed by atoms with van der Waals surface area (Å²) < 4.78 is 1.86. The smallest absolute Gasteiger partial charge is 0.268 e. The average molecular weight is 355 g/mol. The van der Waals surface area contributed by atoms with Crippen LogP contribution in [0.3, 0.4) is 0 Å². The maximum absolute atomic E-state index is 12.7. The minimum absolute atomic E-state index is 0.131. The molecule has 5 nitrogen and oxygen atoms in total. The lowest BCUT2D eigenvalue weighted by Gasteiger charge is -2.14. The number of carbonyl (C=O) groups is 1. The number of benzene rings is 1. The molecule has 1 fully saturated rings. The maximum atomic E-state index is 12.7. The van der Waals surface area contributed by atoms with E-state index in [2.05, 4.69) is 15.3 Å². The van der Waals surface area contributed by atoms with Crippen LogP contribution in [-0.4, -0.2) is 20.4 Å². The molecule has 25 heavy (non-hydrogen) atoms. The quantitative estimate of drug-likeness (QED) is 0.770. The van der Waals surface area contributed by atoms with Gasteiger partial charge in [-0.2, -0.15) is 0 Å². The summed E-state index contributed by atoms with van der Waals surface area (Å²) in [5.41, 5.74) is 2.43. The number of hydrogen-bond donors (Lipinski definition) is 1. The second-order valence-electron chi connectivity index (χ2n) is 6.64. The molecule has 128 valence electrons. The van der Waals surface area contributed by atoms with Crippen molar-refractivity contribution in [2.24, 2.45) is 7.05 Å². The van der Waals surface area contributed by atoms with E-state index < -0.39 is 0 Å². The number of fused-ring (bicyclic) bond motifs is 1. The standard InChI is InChI=1S/C19H19ClN4O/c1-11(14-9-21-18(22-10-14)12-3-4-12)23-19(25)17-7-13-5-6-15(20)8-16(13)24(17)2/h5-12H,3-4H2,1-2H3,(H,23,25). The van der Waals surface area contributed by atoms with Crippen LogP contribution in [-0.2, 0) is 7.05 Å². The van der Waals surface area contributed by atoms with Crippen molar-refractivity contribution in [3.05, 3.63) is 58.8 Å². The minimum atomic E-state index is -0.164. The molecule has 0 saturated heterocycles. The van der Waals surface area contributed by atoms with E-state index >= 15 is 0 Å². The number of amides is 1. The molecule has 1 atom stereocenters. The number of rotatable bonds is 4. The molecule has 1 unspecified atom stereocenters. The topological polar surface area (TPSA) is 59.8 Å². The van der Waals surface area contributed by atoms with E-state index in [1.807, 2.05) is 55.2 Å². The summed E-state index contributed by atoms with van der Waals surface area (Å²) in [5, 5.41) is 4.66. The van der Waals surface area contributed by atoms with Crippen LogP contribution in [0.15, 0.2) is 36.7 Å². The number of hydrogen-bond acceptors (Lipinski definition) is 3. The lowest BCUT2D eigenvalue weighted by Crippen LogP contribution is -2.28. The molecule has 4 rings (SSSR count). The molecule has 1 aliphatic rings. The third-order valence-corrected chi connectivity index (χ3v) is 4.96. The summed E-state index contributed by atoms with van der Waals surface area (Å²) in [6.45, 7) is 1.94. The number of carbonyl (C=O) groups excluding carboxylic acids is 1. The molecule has 3 aromatic rings. The molecule has 0 aliphatic heterocycles. The van der Waals surface area contributed by atoms with Crippen molar-refractivity contribution in [2.75, 3.05) is 0 Å². The number of nitrogens with zero attached hydrogens (tertiary/aromatic N) is 3. The van der Waals surface area contributed by atoms with Crippen molar-refractivity contribution in [3.8, 4) is 0 Å². The first-order chi connectivity index (χ1) is 12.0. The summed E-state index contributed by atoms with van der Waals surface area (Å²) in [6, 6.07) is 7.32. The van der Waals surface area contributed by atoms with Gasteiger partial charge in [0.2, 0.25) is 0 Å². The highest BCUT2D eigenvalue weighted by molar-refractivity contribution is 6.31. The fraction of sp³-hybridized carbons (Fsp3) is 0.316. The Hall–Kier alpha value is -2.40. The van der Waals surface area contributed by atoms with Gasteiger partial charge in [-0.3, -0.25) is 4.79 Å². The van der Waals surface area contributed by atoms with Crippen LogP contribution in [0.2, 0.25) is 5.02 Å². The highest BCUT2D eigenvalue weighted by atomic mass is 35.5. The first kappa shape index (κ1) is 16.1. The van der Waals surface area contributed by atoms with Crippen LogP contribution >= 0.6 is 11.6 Å². The first-order valence-corrected chi connectivity index (χ1v) is 8.78. The predicted octanol–water partition coefficient (Wildman–Crippen LogP) is 3.99. The Labute approximate surface area is 151 Å². The summed E-state index contributed by atoms with van der Waals surface area (Å²) >= 11 is 6.06. The SMILES string of the molecule is CC(NC(=O)c1cc2ccc(Cl)cc2n1C)c1cnc(C2CC2)nc1. The zero-order valence-electron chi connectivity index (χ0n) is 14.2. The van der Waals surface area contributed by atoms with Gasteiger partial charge in [0.1, 0.15) is 11.5 Å². The number of aromatic nitrogens is 3. The Bertz CT molecular complexity index is 944. The van der Waals surface area contributed by atoms with Gasteiger partial charge in [-0.25, -0.2) is 9.97 Å².